The summed E-state index contributed by atoms with van der Waals surface area (Å²) in [5.41, 5.74) is 3.60. The number of nitro groups is 1. The minimum atomic E-state index is -3.77. The molecule has 0 aliphatic heterocycles. The summed E-state index contributed by atoms with van der Waals surface area (Å²) in [6.07, 6.45) is 0. The SMILES string of the molecule is Cc1cccc(C)c1NS(=O)(=O)c1ccc(NC(=O)CSCc2ccc([N+](=O)[O-])cc2)cc1. The molecule has 0 unspecified atom stereocenters. The van der Waals surface area contributed by atoms with Gasteiger partial charge in [0.25, 0.3) is 15.7 Å². The molecule has 3 aromatic carbocycles. The normalized spacial score (nSPS) is 11.1. The smallest absolute Gasteiger partial charge is 0.269 e. The van der Waals surface area contributed by atoms with Gasteiger partial charge >= 0.3 is 0 Å². The van der Waals surface area contributed by atoms with Gasteiger partial charge in [-0.15, -0.1) is 11.8 Å². The number of hydrogen-bond acceptors (Lipinski definition) is 6. The van der Waals surface area contributed by atoms with Crippen LogP contribution in [0.25, 0.3) is 0 Å². The monoisotopic (exact) mass is 485 g/mol. The number of nitro benzene ring substituents is 1. The summed E-state index contributed by atoms with van der Waals surface area (Å²) < 4.78 is 28.1. The van der Waals surface area contributed by atoms with Crippen molar-refractivity contribution >= 4 is 44.8 Å². The molecular formula is C23H23N3O5S2. The van der Waals surface area contributed by atoms with Gasteiger partial charge in [0.05, 0.1) is 21.3 Å². The van der Waals surface area contributed by atoms with E-state index in [-0.39, 0.29) is 22.2 Å². The minimum Gasteiger partial charge on any atom is -0.325 e. The maximum absolute atomic E-state index is 12.7. The minimum absolute atomic E-state index is 0.0243. The fourth-order valence-corrected chi connectivity index (χ4v) is 5.05. The molecule has 3 rings (SSSR count). The molecule has 0 fully saturated rings. The molecule has 0 bridgehead atoms. The van der Waals surface area contributed by atoms with Gasteiger partial charge in [0.15, 0.2) is 0 Å². The number of nitrogens with zero attached hydrogens (tertiary/aromatic N) is 1. The number of carbonyl (C=O) groups excluding carboxylic acids is 1. The highest BCUT2D eigenvalue weighted by molar-refractivity contribution is 7.99. The number of benzene rings is 3. The average Bonchev–Trinajstić information content (AvgIpc) is 2.77. The molecule has 0 saturated carbocycles. The van der Waals surface area contributed by atoms with Gasteiger partial charge < -0.3 is 5.32 Å². The summed E-state index contributed by atoms with van der Waals surface area (Å²) in [5, 5.41) is 13.4. The van der Waals surface area contributed by atoms with Crippen LogP contribution in [0.1, 0.15) is 16.7 Å². The van der Waals surface area contributed by atoms with Gasteiger partial charge in [-0.2, -0.15) is 0 Å². The maximum Gasteiger partial charge on any atom is 0.269 e. The molecule has 0 aliphatic rings. The summed E-state index contributed by atoms with van der Waals surface area (Å²) in [4.78, 5) is 22.5. The molecule has 172 valence electrons. The second-order valence-corrected chi connectivity index (χ2v) is 10.0. The van der Waals surface area contributed by atoms with E-state index in [0.29, 0.717) is 17.1 Å². The first-order chi connectivity index (χ1) is 15.7. The first-order valence-corrected chi connectivity index (χ1v) is 12.6. The fraction of sp³-hybridized carbons (Fsp3) is 0.174. The molecule has 0 aliphatic carbocycles. The highest BCUT2D eigenvalue weighted by Crippen LogP contribution is 2.24. The lowest BCUT2D eigenvalue weighted by Crippen LogP contribution is -2.16. The van der Waals surface area contributed by atoms with Crippen LogP contribution in [-0.4, -0.2) is 25.0 Å². The lowest BCUT2D eigenvalue weighted by Gasteiger charge is -2.13. The number of sulfonamides is 1. The van der Waals surface area contributed by atoms with Crippen LogP contribution in [0.4, 0.5) is 17.1 Å². The number of para-hydroxylation sites is 1. The number of hydrogen-bond donors (Lipinski definition) is 2. The van der Waals surface area contributed by atoms with Crippen molar-refractivity contribution in [3.8, 4) is 0 Å². The highest BCUT2D eigenvalue weighted by Gasteiger charge is 2.16. The molecule has 2 N–H and O–H groups in total. The van der Waals surface area contributed by atoms with Crippen LogP contribution in [0, 0.1) is 24.0 Å². The predicted molar refractivity (Wildman–Crippen MR) is 131 cm³/mol. The van der Waals surface area contributed by atoms with Gasteiger partial charge in [-0.1, -0.05) is 30.3 Å². The second kappa shape index (κ2) is 10.5. The third-order valence-corrected chi connectivity index (χ3v) is 7.18. The Morgan fingerprint density at radius 3 is 2.15 bits per heavy atom. The van der Waals surface area contributed by atoms with Crippen LogP contribution in [-0.2, 0) is 20.6 Å². The average molecular weight is 486 g/mol. The van der Waals surface area contributed by atoms with Crippen molar-refractivity contribution < 1.29 is 18.1 Å². The van der Waals surface area contributed by atoms with Gasteiger partial charge in [0.1, 0.15) is 0 Å². The van der Waals surface area contributed by atoms with E-state index in [0.717, 1.165) is 16.7 Å². The van der Waals surface area contributed by atoms with Crippen molar-refractivity contribution in [1.82, 2.24) is 0 Å². The molecular weight excluding hydrogens is 462 g/mol. The van der Waals surface area contributed by atoms with Crippen molar-refractivity contribution in [2.24, 2.45) is 0 Å². The van der Waals surface area contributed by atoms with E-state index in [2.05, 4.69) is 10.0 Å². The molecule has 0 spiro atoms. The standard InChI is InChI=1S/C23H23N3O5S2/c1-16-4-3-5-17(2)23(16)25-33(30,31)21-12-8-19(9-13-21)24-22(27)15-32-14-18-6-10-20(11-7-18)26(28)29/h3-13,25H,14-15H2,1-2H3,(H,24,27). The molecule has 3 aromatic rings. The van der Waals surface area contributed by atoms with Gasteiger partial charge in [0.2, 0.25) is 5.91 Å². The Balaban J connectivity index is 1.54. The van der Waals surface area contributed by atoms with E-state index < -0.39 is 14.9 Å². The van der Waals surface area contributed by atoms with Crippen molar-refractivity contribution in [3.63, 3.8) is 0 Å². The zero-order valence-corrected chi connectivity index (χ0v) is 19.7. The van der Waals surface area contributed by atoms with Crippen molar-refractivity contribution in [3.05, 3.63) is 93.5 Å². The Labute approximate surface area is 196 Å². The zero-order chi connectivity index (χ0) is 24.0. The Bertz CT molecular complexity index is 1240. The summed E-state index contributed by atoms with van der Waals surface area (Å²) in [6.45, 7) is 3.67. The quantitative estimate of drug-likeness (QED) is 0.329. The van der Waals surface area contributed by atoms with E-state index in [1.165, 1.54) is 48.2 Å². The van der Waals surface area contributed by atoms with Crippen LogP contribution >= 0.6 is 11.8 Å². The van der Waals surface area contributed by atoms with Gasteiger partial charge in [-0.05, 0) is 54.8 Å². The number of non-ortho nitro benzene ring substituents is 1. The first-order valence-electron chi connectivity index (χ1n) is 9.96. The number of carbonyl (C=O) groups is 1. The molecule has 0 aromatic heterocycles. The van der Waals surface area contributed by atoms with Crippen molar-refractivity contribution in [2.75, 3.05) is 15.8 Å². The van der Waals surface area contributed by atoms with Crippen LogP contribution in [0.3, 0.4) is 0 Å². The number of amides is 1. The van der Waals surface area contributed by atoms with Gasteiger partial charge in [-0.25, -0.2) is 8.42 Å². The van der Waals surface area contributed by atoms with Crippen molar-refractivity contribution in [2.45, 2.75) is 24.5 Å². The van der Waals surface area contributed by atoms with Crippen LogP contribution < -0.4 is 10.0 Å². The summed E-state index contributed by atoms with van der Waals surface area (Å²) in [6, 6.07) is 17.7. The molecule has 8 nitrogen and oxygen atoms in total. The largest absolute Gasteiger partial charge is 0.325 e. The number of rotatable bonds is 9. The lowest BCUT2D eigenvalue weighted by molar-refractivity contribution is -0.384. The molecule has 10 heteroatoms. The number of thioether (sulfide) groups is 1. The number of anilines is 2. The Morgan fingerprint density at radius 2 is 1.58 bits per heavy atom. The molecule has 0 atom stereocenters. The Morgan fingerprint density at radius 1 is 0.970 bits per heavy atom. The summed E-state index contributed by atoms with van der Waals surface area (Å²) in [7, 11) is -3.77. The molecule has 0 saturated heterocycles. The predicted octanol–water partition coefficient (Wildman–Crippen LogP) is 4.88. The summed E-state index contributed by atoms with van der Waals surface area (Å²) in [5.74, 6) is 0.490. The third-order valence-electron chi connectivity index (χ3n) is 4.81. The maximum atomic E-state index is 12.7. The fourth-order valence-electron chi connectivity index (χ4n) is 3.06. The highest BCUT2D eigenvalue weighted by atomic mass is 32.2. The molecule has 1 amide bonds. The second-order valence-electron chi connectivity index (χ2n) is 7.36. The van der Waals surface area contributed by atoms with E-state index in [1.807, 2.05) is 32.0 Å². The van der Waals surface area contributed by atoms with Crippen LogP contribution in [0.15, 0.2) is 71.6 Å². The van der Waals surface area contributed by atoms with Crippen LogP contribution in [0.5, 0.6) is 0 Å². The Kier molecular flexibility index (Phi) is 7.72. The van der Waals surface area contributed by atoms with E-state index in [1.54, 1.807) is 12.1 Å². The topological polar surface area (TPSA) is 118 Å². The molecule has 0 radical (unpaired) electrons. The van der Waals surface area contributed by atoms with Crippen LogP contribution in [0.2, 0.25) is 0 Å². The van der Waals surface area contributed by atoms with Gasteiger partial charge in [0, 0.05) is 23.6 Å². The summed E-state index contributed by atoms with van der Waals surface area (Å²) >= 11 is 1.37. The number of nitrogens with one attached hydrogen (secondary N) is 2. The first kappa shape index (κ1) is 24.3. The Hall–Kier alpha value is -3.37. The molecule has 0 heterocycles. The van der Waals surface area contributed by atoms with E-state index in [9.17, 15) is 23.3 Å². The lowest BCUT2D eigenvalue weighted by atomic mass is 10.1. The van der Waals surface area contributed by atoms with Gasteiger partial charge in [-0.3, -0.25) is 19.6 Å². The number of aryl methyl sites for hydroxylation is 2. The third kappa shape index (κ3) is 6.56. The van der Waals surface area contributed by atoms with Crippen molar-refractivity contribution in [1.29, 1.82) is 0 Å². The van der Waals surface area contributed by atoms with E-state index >= 15 is 0 Å². The van der Waals surface area contributed by atoms with E-state index in [4.69, 9.17) is 0 Å². The molecule has 33 heavy (non-hydrogen) atoms. The zero-order valence-electron chi connectivity index (χ0n) is 18.1.